The Hall–Kier alpha value is -3.31. The zero-order chi connectivity index (χ0) is 22.0. The van der Waals surface area contributed by atoms with Gasteiger partial charge in [0.1, 0.15) is 23.5 Å². The van der Waals surface area contributed by atoms with Gasteiger partial charge in [0.15, 0.2) is 0 Å². The minimum absolute atomic E-state index is 0.231. The van der Waals surface area contributed by atoms with Crippen LogP contribution in [0.1, 0.15) is 30.5 Å². The molecule has 162 valence electrons. The molecule has 0 amide bonds. The second-order valence-corrected chi connectivity index (χ2v) is 9.41. The number of amidine groups is 1. The molecule has 1 aliphatic carbocycles. The van der Waals surface area contributed by atoms with E-state index >= 15 is 0 Å². The summed E-state index contributed by atoms with van der Waals surface area (Å²) in [6.45, 7) is 5.74. The van der Waals surface area contributed by atoms with Gasteiger partial charge in [-0.15, -0.1) is 0 Å². The molecule has 4 aliphatic rings. The number of ether oxygens (including phenoxy) is 3. The van der Waals surface area contributed by atoms with Gasteiger partial charge in [0, 0.05) is 5.56 Å². The molecule has 6 rings (SSSR count). The van der Waals surface area contributed by atoms with Crippen molar-refractivity contribution in [1.82, 2.24) is 0 Å². The van der Waals surface area contributed by atoms with Crippen LogP contribution >= 0.6 is 0 Å². The summed E-state index contributed by atoms with van der Waals surface area (Å²) in [5.41, 5.74) is 10.3. The highest BCUT2D eigenvalue weighted by molar-refractivity contribution is 5.83. The summed E-state index contributed by atoms with van der Waals surface area (Å²) in [6, 6.07) is 13.0. The number of nitrogens with two attached hydrogens (primary N) is 1. The normalized spacial score (nSPS) is 27.8. The Morgan fingerprint density at radius 1 is 0.938 bits per heavy atom. The second-order valence-electron chi connectivity index (χ2n) is 9.41. The fraction of sp³-hybridized carbons (Fsp3) is 0.296. The Labute approximate surface area is 187 Å². The van der Waals surface area contributed by atoms with Gasteiger partial charge >= 0.3 is 0 Å². The van der Waals surface area contributed by atoms with Crippen molar-refractivity contribution in [2.75, 3.05) is 19.8 Å². The van der Waals surface area contributed by atoms with E-state index in [-0.39, 0.29) is 11.4 Å². The molecule has 0 aromatic heterocycles. The van der Waals surface area contributed by atoms with Crippen molar-refractivity contribution in [2.45, 2.75) is 25.0 Å². The number of benzene rings is 2. The first kappa shape index (κ1) is 19.4. The second kappa shape index (κ2) is 6.59. The molecule has 3 aliphatic heterocycles. The van der Waals surface area contributed by atoms with Crippen LogP contribution < -0.4 is 10.5 Å². The van der Waals surface area contributed by atoms with Crippen molar-refractivity contribution in [2.24, 2.45) is 16.1 Å². The maximum Gasteiger partial charge on any atom is 0.283 e. The summed E-state index contributed by atoms with van der Waals surface area (Å²) in [5.74, 6) is 0.829. The van der Waals surface area contributed by atoms with Crippen LogP contribution in [0.5, 0.6) is 5.75 Å². The lowest BCUT2D eigenvalue weighted by atomic mass is 9.55. The average Bonchev–Trinajstić information content (AvgIpc) is 3.08. The van der Waals surface area contributed by atoms with Gasteiger partial charge in [-0.25, -0.2) is 4.99 Å². The maximum absolute atomic E-state index is 6.56. The van der Waals surface area contributed by atoms with Crippen LogP contribution in [0.3, 0.4) is 0 Å². The molecule has 2 N–H and O–H groups in total. The third-order valence-corrected chi connectivity index (χ3v) is 7.48. The molecule has 2 aromatic rings. The molecule has 2 spiro atoms. The van der Waals surface area contributed by atoms with E-state index in [9.17, 15) is 0 Å². The Bertz CT molecular complexity index is 1230. The lowest BCUT2D eigenvalue weighted by Gasteiger charge is -2.61. The Morgan fingerprint density at radius 2 is 1.75 bits per heavy atom. The summed E-state index contributed by atoms with van der Waals surface area (Å²) in [6.07, 6.45) is 12.5. The van der Waals surface area contributed by atoms with Crippen molar-refractivity contribution in [3.63, 3.8) is 0 Å². The van der Waals surface area contributed by atoms with E-state index in [2.05, 4.69) is 74.5 Å². The van der Waals surface area contributed by atoms with Crippen molar-refractivity contribution >= 4 is 18.2 Å². The van der Waals surface area contributed by atoms with E-state index in [0.29, 0.717) is 19.8 Å². The third kappa shape index (κ3) is 2.46. The number of hydrogen-bond donors (Lipinski definition) is 1. The van der Waals surface area contributed by atoms with Crippen molar-refractivity contribution in [1.29, 1.82) is 0 Å². The Kier molecular flexibility index (Phi) is 3.99. The van der Waals surface area contributed by atoms with Crippen molar-refractivity contribution in [3.8, 4) is 16.9 Å². The van der Waals surface area contributed by atoms with Gasteiger partial charge in [-0.3, -0.25) is 0 Å². The van der Waals surface area contributed by atoms with Gasteiger partial charge in [-0.2, -0.15) is 0 Å². The van der Waals surface area contributed by atoms with Crippen LogP contribution in [0.15, 0.2) is 65.7 Å². The highest BCUT2D eigenvalue weighted by Gasteiger charge is 2.71. The fourth-order valence-corrected chi connectivity index (χ4v) is 5.55. The van der Waals surface area contributed by atoms with Crippen LogP contribution in [-0.4, -0.2) is 31.4 Å². The zero-order valence-electron chi connectivity index (χ0n) is 18.3. The third-order valence-electron chi connectivity index (χ3n) is 7.48. The van der Waals surface area contributed by atoms with Crippen LogP contribution in [0, 0.1) is 5.41 Å². The molecule has 1 fully saturated rings. The predicted molar refractivity (Wildman–Crippen MR) is 126 cm³/mol. The quantitative estimate of drug-likeness (QED) is 0.719. The van der Waals surface area contributed by atoms with E-state index in [4.69, 9.17) is 24.9 Å². The molecule has 0 radical (unpaired) electrons. The summed E-state index contributed by atoms with van der Waals surface area (Å²) >= 11 is 0. The number of hydrogen-bond acceptors (Lipinski definition) is 5. The van der Waals surface area contributed by atoms with E-state index in [1.54, 1.807) is 0 Å². The van der Waals surface area contributed by atoms with Crippen LogP contribution in [-0.2, 0) is 15.0 Å². The molecular weight excluding hydrogens is 400 g/mol. The smallest absolute Gasteiger partial charge is 0.283 e. The predicted octanol–water partition coefficient (Wildman–Crippen LogP) is 4.68. The topological polar surface area (TPSA) is 66.1 Å². The molecule has 1 unspecified atom stereocenters. The van der Waals surface area contributed by atoms with Gasteiger partial charge in [0.05, 0.1) is 18.6 Å². The summed E-state index contributed by atoms with van der Waals surface area (Å²) < 4.78 is 18.1. The fourth-order valence-electron chi connectivity index (χ4n) is 5.55. The molecule has 2 aromatic carbocycles. The van der Waals surface area contributed by atoms with E-state index < -0.39 is 11.1 Å². The molecule has 32 heavy (non-hydrogen) atoms. The number of nitrogens with zero attached hydrogens (tertiary/aromatic N) is 1. The first-order valence-electron chi connectivity index (χ1n) is 11.0. The lowest BCUT2D eigenvalue weighted by molar-refractivity contribution is -0.247. The maximum atomic E-state index is 6.56. The van der Waals surface area contributed by atoms with Gasteiger partial charge < -0.3 is 19.9 Å². The van der Waals surface area contributed by atoms with E-state index in [1.807, 2.05) is 12.2 Å². The molecule has 0 bridgehead atoms. The first-order chi connectivity index (χ1) is 15.5. The SMILES string of the molecule is CC1(C)Oc2ccc(-c3cccc4c3/C=C\C=C\C=C4)cc2C2(COC(N)=N2)C12COC2. The highest BCUT2D eigenvalue weighted by Crippen LogP contribution is 2.62. The molecule has 3 heterocycles. The molecule has 0 saturated carbocycles. The summed E-state index contributed by atoms with van der Waals surface area (Å²) in [7, 11) is 0. The number of allylic oxidation sites excluding steroid dienone is 4. The first-order valence-corrected chi connectivity index (χ1v) is 11.0. The van der Waals surface area contributed by atoms with Crippen LogP contribution in [0.4, 0.5) is 0 Å². The molecule has 5 nitrogen and oxygen atoms in total. The molecule has 5 heteroatoms. The average molecular weight is 427 g/mol. The summed E-state index contributed by atoms with van der Waals surface area (Å²) in [5, 5.41) is 0. The highest BCUT2D eigenvalue weighted by atomic mass is 16.5. The number of fused-ring (bicyclic) bond motifs is 4. The van der Waals surface area contributed by atoms with Gasteiger partial charge in [-0.1, -0.05) is 60.7 Å². The zero-order valence-corrected chi connectivity index (χ0v) is 18.3. The van der Waals surface area contributed by atoms with Crippen LogP contribution in [0.25, 0.3) is 23.3 Å². The lowest BCUT2D eigenvalue weighted by Crippen LogP contribution is -2.71. The summed E-state index contributed by atoms with van der Waals surface area (Å²) in [4.78, 5) is 4.92. The van der Waals surface area contributed by atoms with Gasteiger partial charge in [0.2, 0.25) is 0 Å². The molecule has 1 atom stereocenters. The minimum atomic E-state index is -0.635. The Morgan fingerprint density at radius 3 is 2.47 bits per heavy atom. The largest absolute Gasteiger partial charge is 0.487 e. The number of aliphatic imine (C=N–C) groups is 1. The van der Waals surface area contributed by atoms with Crippen molar-refractivity contribution in [3.05, 3.63) is 77.4 Å². The van der Waals surface area contributed by atoms with E-state index in [1.165, 1.54) is 11.1 Å². The Balaban J connectivity index is 1.57. The number of rotatable bonds is 1. The van der Waals surface area contributed by atoms with Crippen LogP contribution in [0.2, 0.25) is 0 Å². The van der Waals surface area contributed by atoms with Crippen molar-refractivity contribution < 1.29 is 14.2 Å². The monoisotopic (exact) mass is 426 g/mol. The van der Waals surface area contributed by atoms with Gasteiger partial charge in [-0.05, 0) is 48.2 Å². The molecule has 1 saturated heterocycles. The van der Waals surface area contributed by atoms with E-state index in [0.717, 1.165) is 22.4 Å². The minimum Gasteiger partial charge on any atom is -0.487 e. The van der Waals surface area contributed by atoms with Gasteiger partial charge in [0.25, 0.3) is 6.02 Å². The standard InChI is InChI=1S/C27H26N2O3/c1-25(2)26(15-30-16-26)27(17-31-24(28)29-27)22-14-19(12-13-23(22)32-25)21-11-7-9-18-8-5-3-4-6-10-20(18)21/h3-14H,15-17H2,1-2H3,(H2,28,29)/b4-3+,5-3?,6-4?,8-5?,10-6-,18-8?,20-10?. The molecular formula is C27H26N2O3.